The van der Waals surface area contributed by atoms with Crippen molar-refractivity contribution < 1.29 is 35.7 Å². The van der Waals surface area contributed by atoms with Gasteiger partial charge in [0, 0.05) is 5.69 Å². The molecule has 0 bridgehead atoms. The highest BCUT2D eigenvalue weighted by atomic mass is 19.4. The first-order valence-electron chi connectivity index (χ1n) is 6.42. The smallest absolute Gasteiger partial charge is 0.364 e. The lowest BCUT2D eigenvalue weighted by atomic mass is 9.94. The summed E-state index contributed by atoms with van der Waals surface area (Å²) < 4.78 is 82.6. The summed E-state index contributed by atoms with van der Waals surface area (Å²) in [5.74, 6) is -0.855. The van der Waals surface area contributed by atoms with Crippen LogP contribution in [-0.4, -0.2) is 11.1 Å². The van der Waals surface area contributed by atoms with Crippen molar-refractivity contribution >= 4 is 11.6 Å². The number of amides is 1. The predicted molar refractivity (Wildman–Crippen MR) is 70.4 cm³/mol. The topological polar surface area (TPSA) is 55.1 Å². The van der Waals surface area contributed by atoms with E-state index >= 15 is 0 Å². The number of rotatable bonds is 2. The molecule has 0 saturated carbocycles. The van der Waals surface area contributed by atoms with Crippen LogP contribution in [0.4, 0.5) is 32.0 Å². The van der Waals surface area contributed by atoms with Crippen LogP contribution in [0, 0.1) is 13.8 Å². The van der Waals surface area contributed by atoms with Gasteiger partial charge in [0.05, 0.1) is 22.9 Å². The van der Waals surface area contributed by atoms with Crippen LogP contribution in [0.1, 0.15) is 32.6 Å². The normalized spacial score (nSPS) is 12.3. The Kier molecular flexibility index (Phi) is 4.34. The molecule has 0 saturated heterocycles. The second-order valence-corrected chi connectivity index (χ2v) is 4.96. The van der Waals surface area contributed by atoms with E-state index in [1.807, 2.05) is 0 Å². The van der Waals surface area contributed by atoms with Crippen LogP contribution in [0.2, 0.25) is 0 Å². The highest BCUT2D eigenvalue weighted by Gasteiger charge is 2.45. The molecule has 0 aliphatic heterocycles. The van der Waals surface area contributed by atoms with E-state index in [1.165, 1.54) is 6.92 Å². The first-order valence-corrected chi connectivity index (χ1v) is 6.42. The van der Waals surface area contributed by atoms with Crippen molar-refractivity contribution in [2.45, 2.75) is 26.2 Å². The second-order valence-electron chi connectivity index (χ2n) is 4.96. The second kappa shape index (κ2) is 5.84. The molecule has 1 heterocycles. The molecule has 1 aromatic heterocycles. The molecule has 0 fully saturated rings. The number of aromatic nitrogens is 1. The largest absolute Gasteiger partial charge is 0.417 e. The first-order chi connectivity index (χ1) is 10.9. The number of hydrogen-bond acceptors (Lipinski definition) is 3. The van der Waals surface area contributed by atoms with Crippen molar-refractivity contribution in [1.29, 1.82) is 0 Å². The molecule has 1 aromatic carbocycles. The van der Waals surface area contributed by atoms with Crippen LogP contribution >= 0.6 is 0 Å². The Labute approximate surface area is 131 Å². The highest BCUT2D eigenvalue weighted by molar-refractivity contribution is 6.04. The Morgan fingerprint density at radius 2 is 1.71 bits per heavy atom. The van der Waals surface area contributed by atoms with Crippen LogP contribution in [-0.2, 0) is 12.4 Å². The number of carbonyl (C=O) groups excluding carboxylic acids is 1. The van der Waals surface area contributed by atoms with E-state index in [4.69, 9.17) is 0 Å². The lowest BCUT2D eigenvalue weighted by Gasteiger charge is -2.22. The Bertz CT molecular complexity index is 763. The Hall–Kier alpha value is -2.52. The van der Waals surface area contributed by atoms with Gasteiger partial charge in [-0.05, 0) is 31.0 Å². The number of alkyl halides is 6. The summed E-state index contributed by atoms with van der Waals surface area (Å²) >= 11 is 0. The summed E-state index contributed by atoms with van der Waals surface area (Å²) in [4.78, 5) is 11.9. The number of carbonyl (C=O) groups is 1. The number of anilines is 1. The molecule has 2 aromatic rings. The van der Waals surface area contributed by atoms with E-state index in [-0.39, 0.29) is 22.9 Å². The summed E-state index contributed by atoms with van der Waals surface area (Å²) in [6.45, 7) is 2.11. The third-order valence-electron chi connectivity index (χ3n) is 3.43. The van der Waals surface area contributed by atoms with Crippen molar-refractivity contribution in [1.82, 2.24) is 5.16 Å². The maximum atomic E-state index is 13.0. The Balaban J connectivity index is 2.59. The van der Waals surface area contributed by atoms with Crippen molar-refractivity contribution in [3.63, 3.8) is 0 Å². The zero-order chi connectivity index (χ0) is 18.3. The van der Waals surface area contributed by atoms with Gasteiger partial charge in [-0.2, -0.15) is 26.3 Å². The predicted octanol–water partition coefficient (Wildman–Crippen LogP) is 4.58. The molecule has 4 nitrogen and oxygen atoms in total. The number of nitrogens with one attached hydrogen (secondary N) is 1. The highest BCUT2D eigenvalue weighted by Crippen LogP contribution is 2.44. The van der Waals surface area contributed by atoms with E-state index in [1.54, 1.807) is 0 Å². The molecule has 1 N–H and O–H groups in total. The molecule has 1 amide bonds. The van der Waals surface area contributed by atoms with E-state index in [9.17, 15) is 31.1 Å². The summed E-state index contributed by atoms with van der Waals surface area (Å²) in [5.41, 5.74) is -4.83. The van der Waals surface area contributed by atoms with Crippen LogP contribution in [0.3, 0.4) is 0 Å². The van der Waals surface area contributed by atoms with Gasteiger partial charge in [-0.15, -0.1) is 0 Å². The van der Waals surface area contributed by atoms with Crippen molar-refractivity contribution in [2.75, 3.05) is 5.32 Å². The quantitative estimate of drug-likeness (QED) is 0.805. The fourth-order valence-corrected chi connectivity index (χ4v) is 2.15. The van der Waals surface area contributed by atoms with Crippen LogP contribution in [0.25, 0.3) is 0 Å². The van der Waals surface area contributed by atoms with Crippen LogP contribution in [0.15, 0.2) is 23.0 Å². The average Bonchev–Trinajstić information content (AvgIpc) is 2.95. The molecule has 2 rings (SSSR count). The van der Waals surface area contributed by atoms with Gasteiger partial charge >= 0.3 is 12.4 Å². The van der Waals surface area contributed by atoms with Gasteiger partial charge in [0.15, 0.2) is 0 Å². The van der Waals surface area contributed by atoms with E-state index < -0.39 is 35.0 Å². The molecular weight excluding hydrogens is 342 g/mol. The van der Waals surface area contributed by atoms with Gasteiger partial charge < -0.3 is 9.84 Å². The van der Waals surface area contributed by atoms with Crippen LogP contribution in [0.5, 0.6) is 0 Å². The van der Waals surface area contributed by atoms with E-state index in [2.05, 4.69) is 15.0 Å². The van der Waals surface area contributed by atoms with Gasteiger partial charge in [0.25, 0.3) is 5.91 Å². The number of halogens is 6. The fraction of sp³-hybridized carbons (Fsp3) is 0.286. The van der Waals surface area contributed by atoms with Gasteiger partial charge in [0.1, 0.15) is 6.26 Å². The average molecular weight is 352 g/mol. The molecule has 0 radical (unpaired) electrons. The zero-order valence-electron chi connectivity index (χ0n) is 12.3. The maximum absolute atomic E-state index is 13.0. The molecule has 24 heavy (non-hydrogen) atoms. The zero-order valence-corrected chi connectivity index (χ0v) is 12.3. The molecule has 0 spiro atoms. The molecule has 130 valence electrons. The van der Waals surface area contributed by atoms with E-state index in [0.717, 1.165) is 19.4 Å². The number of hydrogen-bond donors (Lipinski definition) is 1. The monoisotopic (exact) mass is 352 g/mol. The van der Waals surface area contributed by atoms with Crippen molar-refractivity contribution in [3.8, 4) is 0 Å². The maximum Gasteiger partial charge on any atom is 0.417 e. The Morgan fingerprint density at radius 3 is 2.17 bits per heavy atom. The molecule has 10 heteroatoms. The van der Waals surface area contributed by atoms with E-state index in [0.29, 0.717) is 0 Å². The number of nitrogens with zero attached hydrogens (tertiary/aromatic N) is 1. The first kappa shape index (κ1) is 17.8. The lowest BCUT2D eigenvalue weighted by Crippen LogP contribution is -2.21. The number of benzene rings is 1. The van der Waals surface area contributed by atoms with Gasteiger partial charge in [-0.3, -0.25) is 4.79 Å². The summed E-state index contributed by atoms with van der Waals surface area (Å²) in [7, 11) is 0. The van der Waals surface area contributed by atoms with Crippen molar-refractivity contribution in [3.05, 3.63) is 46.3 Å². The van der Waals surface area contributed by atoms with Gasteiger partial charge in [-0.1, -0.05) is 5.16 Å². The third kappa shape index (κ3) is 3.36. The molecule has 0 unspecified atom stereocenters. The van der Waals surface area contributed by atoms with Crippen LogP contribution < -0.4 is 5.32 Å². The standard InChI is InChI=1S/C14H10F6N2O2/c1-6-7(2)11(14(18,19)20)9(13(15,16)17)3-10(6)22-12(23)8-4-21-24-5-8/h3-5H,1-2H3,(H,22,23). The molecule has 0 aliphatic carbocycles. The van der Waals surface area contributed by atoms with Gasteiger partial charge in [-0.25, -0.2) is 0 Å². The molecule has 0 aliphatic rings. The molecular formula is C14H10F6N2O2. The lowest BCUT2D eigenvalue weighted by molar-refractivity contribution is -0.162. The minimum absolute atomic E-state index is 0.0829. The minimum atomic E-state index is -5.24. The minimum Gasteiger partial charge on any atom is -0.364 e. The SMILES string of the molecule is Cc1c(NC(=O)c2cnoc2)cc(C(F)(F)F)c(C(F)(F)F)c1C. The molecule has 0 atom stereocenters. The summed E-state index contributed by atoms with van der Waals surface area (Å²) in [6, 6.07) is 0.274. The Morgan fingerprint density at radius 1 is 1.08 bits per heavy atom. The summed E-state index contributed by atoms with van der Waals surface area (Å²) in [5, 5.41) is 5.40. The van der Waals surface area contributed by atoms with Crippen molar-refractivity contribution in [2.24, 2.45) is 0 Å². The third-order valence-corrected chi connectivity index (χ3v) is 3.43. The summed E-state index contributed by atoms with van der Waals surface area (Å²) in [6.07, 6.45) is -8.45. The fourth-order valence-electron chi connectivity index (χ4n) is 2.15. The van der Waals surface area contributed by atoms with Gasteiger partial charge in [0.2, 0.25) is 0 Å².